The predicted octanol–water partition coefficient (Wildman–Crippen LogP) is 4.11. The fraction of sp³-hybridized carbons (Fsp3) is 0.350. The van der Waals surface area contributed by atoms with Crippen molar-refractivity contribution in [1.29, 1.82) is 0 Å². The van der Waals surface area contributed by atoms with Gasteiger partial charge in [0.1, 0.15) is 11.5 Å². The third-order valence-corrected chi connectivity index (χ3v) is 3.49. The lowest BCUT2D eigenvalue weighted by atomic mass is 10.1. The number of benzene rings is 2. The van der Waals surface area contributed by atoms with Gasteiger partial charge in [0.05, 0.1) is 12.7 Å². The summed E-state index contributed by atoms with van der Waals surface area (Å²) in [5.74, 6) is 1.56. The van der Waals surface area contributed by atoms with Crippen LogP contribution in [0, 0.1) is 6.92 Å². The molecule has 2 aromatic rings. The first kappa shape index (κ1) is 17.9. The molecule has 0 bridgehead atoms. The molecule has 1 N–H and O–H groups in total. The lowest BCUT2D eigenvalue weighted by Crippen LogP contribution is -2.22. The van der Waals surface area contributed by atoms with E-state index in [0.29, 0.717) is 18.7 Å². The Kier molecular flexibility index (Phi) is 6.24. The average Bonchev–Trinajstić information content (AvgIpc) is 2.55. The van der Waals surface area contributed by atoms with E-state index >= 15 is 0 Å². The van der Waals surface area contributed by atoms with Crippen molar-refractivity contribution in [1.82, 2.24) is 5.32 Å². The number of aryl methyl sites for hydroxylation is 1. The third-order valence-electron chi connectivity index (χ3n) is 3.49. The van der Waals surface area contributed by atoms with Crippen LogP contribution in [0.25, 0.3) is 0 Å². The highest BCUT2D eigenvalue weighted by Gasteiger charge is 2.08. The van der Waals surface area contributed by atoms with E-state index in [1.54, 1.807) is 6.07 Å². The molecule has 0 aromatic heterocycles. The maximum absolute atomic E-state index is 12.3. The lowest BCUT2D eigenvalue weighted by Gasteiger charge is -2.11. The largest absolute Gasteiger partial charge is 0.494 e. The van der Waals surface area contributed by atoms with Crippen LogP contribution in [0.4, 0.5) is 0 Å². The third kappa shape index (κ3) is 5.01. The van der Waals surface area contributed by atoms with Crippen molar-refractivity contribution in [3.63, 3.8) is 0 Å². The molecule has 0 saturated heterocycles. The molecule has 0 saturated carbocycles. The Labute approximate surface area is 143 Å². The summed E-state index contributed by atoms with van der Waals surface area (Å²) in [6.45, 7) is 8.96. The molecule has 128 valence electrons. The number of rotatable bonds is 7. The number of hydrogen-bond donors (Lipinski definition) is 1. The van der Waals surface area contributed by atoms with Gasteiger partial charge in [-0.05, 0) is 69.2 Å². The van der Waals surface area contributed by atoms with E-state index in [9.17, 15) is 4.79 Å². The monoisotopic (exact) mass is 327 g/mol. The molecule has 1 amide bonds. The summed E-state index contributed by atoms with van der Waals surface area (Å²) in [4.78, 5) is 12.3. The van der Waals surface area contributed by atoms with E-state index in [1.807, 2.05) is 64.1 Å². The molecule has 0 atom stereocenters. The summed E-state index contributed by atoms with van der Waals surface area (Å²) in [5, 5.41) is 2.93. The van der Waals surface area contributed by atoms with Gasteiger partial charge in [-0.25, -0.2) is 0 Å². The van der Waals surface area contributed by atoms with Crippen LogP contribution in [-0.2, 0) is 6.54 Å². The molecule has 0 fully saturated rings. The molecule has 2 aromatic carbocycles. The summed E-state index contributed by atoms with van der Waals surface area (Å²) in [6, 6.07) is 13.2. The van der Waals surface area contributed by atoms with Gasteiger partial charge in [0.15, 0.2) is 0 Å². The molecular weight excluding hydrogens is 302 g/mol. The van der Waals surface area contributed by atoms with Crippen molar-refractivity contribution in [3.05, 3.63) is 59.2 Å². The first-order valence-corrected chi connectivity index (χ1v) is 8.27. The summed E-state index contributed by atoms with van der Waals surface area (Å²) in [5.41, 5.74) is 2.62. The van der Waals surface area contributed by atoms with Gasteiger partial charge < -0.3 is 14.8 Å². The van der Waals surface area contributed by atoms with E-state index in [-0.39, 0.29) is 12.0 Å². The van der Waals surface area contributed by atoms with E-state index in [4.69, 9.17) is 9.47 Å². The number of ether oxygens (including phenoxy) is 2. The van der Waals surface area contributed by atoms with Gasteiger partial charge in [0.2, 0.25) is 0 Å². The minimum Gasteiger partial charge on any atom is -0.494 e. The smallest absolute Gasteiger partial charge is 0.251 e. The molecule has 0 aliphatic rings. The van der Waals surface area contributed by atoms with E-state index in [0.717, 1.165) is 22.6 Å². The molecule has 0 aliphatic carbocycles. The van der Waals surface area contributed by atoms with Crippen LogP contribution in [0.15, 0.2) is 42.5 Å². The van der Waals surface area contributed by atoms with Gasteiger partial charge >= 0.3 is 0 Å². The van der Waals surface area contributed by atoms with Crippen molar-refractivity contribution in [2.24, 2.45) is 0 Å². The van der Waals surface area contributed by atoms with Gasteiger partial charge in [-0.3, -0.25) is 4.79 Å². The van der Waals surface area contributed by atoms with Crippen molar-refractivity contribution in [2.75, 3.05) is 6.61 Å². The second-order valence-electron chi connectivity index (χ2n) is 5.91. The lowest BCUT2D eigenvalue weighted by molar-refractivity contribution is 0.0951. The Morgan fingerprint density at radius 2 is 1.83 bits per heavy atom. The summed E-state index contributed by atoms with van der Waals surface area (Å²) in [7, 11) is 0. The van der Waals surface area contributed by atoms with Gasteiger partial charge in [0, 0.05) is 12.1 Å². The molecule has 0 heterocycles. The van der Waals surface area contributed by atoms with Crippen molar-refractivity contribution >= 4 is 5.91 Å². The van der Waals surface area contributed by atoms with Crippen LogP contribution in [0.2, 0.25) is 0 Å². The maximum Gasteiger partial charge on any atom is 0.251 e. The number of amides is 1. The molecule has 4 nitrogen and oxygen atoms in total. The zero-order chi connectivity index (χ0) is 17.5. The molecule has 24 heavy (non-hydrogen) atoms. The summed E-state index contributed by atoms with van der Waals surface area (Å²) < 4.78 is 11.1. The number of carbonyl (C=O) groups excluding carboxylic acids is 1. The Balaban J connectivity index is 1.94. The molecule has 2 rings (SSSR count). The second-order valence-corrected chi connectivity index (χ2v) is 5.91. The number of hydrogen-bond acceptors (Lipinski definition) is 3. The van der Waals surface area contributed by atoms with Gasteiger partial charge in [-0.1, -0.05) is 12.1 Å². The van der Waals surface area contributed by atoms with Gasteiger partial charge in [-0.2, -0.15) is 0 Å². The highest BCUT2D eigenvalue weighted by Crippen LogP contribution is 2.19. The van der Waals surface area contributed by atoms with E-state index in [1.165, 1.54) is 0 Å². The molecule has 4 heteroatoms. The van der Waals surface area contributed by atoms with Crippen LogP contribution >= 0.6 is 0 Å². The first-order valence-electron chi connectivity index (χ1n) is 8.27. The van der Waals surface area contributed by atoms with Crippen molar-refractivity contribution in [2.45, 2.75) is 40.3 Å². The summed E-state index contributed by atoms with van der Waals surface area (Å²) in [6.07, 6.45) is 0.151. The average molecular weight is 327 g/mol. The van der Waals surface area contributed by atoms with Crippen LogP contribution in [-0.4, -0.2) is 18.6 Å². The van der Waals surface area contributed by atoms with Gasteiger partial charge in [-0.15, -0.1) is 0 Å². The maximum atomic E-state index is 12.3. The molecule has 0 unspecified atom stereocenters. The van der Waals surface area contributed by atoms with E-state index < -0.39 is 0 Å². The SMILES string of the molecule is CCOc1ccc(C(=O)NCc2ccc(OC(C)C)cc2)cc1C. The minimum atomic E-state index is -0.0938. The highest BCUT2D eigenvalue weighted by molar-refractivity contribution is 5.94. The fourth-order valence-electron chi connectivity index (χ4n) is 2.35. The zero-order valence-corrected chi connectivity index (χ0v) is 14.8. The normalized spacial score (nSPS) is 10.5. The van der Waals surface area contributed by atoms with Crippen LogP contribution in [0.3, 0.4) is 0 Å². The summed E-state index contributed by atoms with van der Waals surface area (Å²) >= 11 is 0. The standard InChI is InChI=1S/C20H25NO3/c1-5-23-19-11-8-17(12-15(19)4)20(22)21-13-16-6-9-18(10-7-16)24-14(2)3/h6-12,14H,5,13H2,1-4H3,(H,21,22). The number of carbonyl (C=O) groups is 1. The highest BCUT2D eigenvalue weighted by atomic mass is 16.5. The predicted molar refractivity (Wildman–Crippen MR) is 95.7 cm³/mol. The van der Waals surface area contributed by atoms with Crippen molar-refractivity contribution < 1.29 is 14.3 Å². The quantitative estimate of drug-likeness (QED) is 0.832. The molecule has 0 aliphatic heterocycles. The van der Waals surface area contributed by atoms with Crippen LogP contribution in [0.5, 0.6) is 11.5 Å². The molecular formula is C20H25NO3. The Bertz CT molecular complexity index is 678. The number of nitrogens with one attached hydrogen (secondary N) is 1. The minimum absolute atomic E-state index is 0.0938. The zero-order valence-electron chi connectivity index (χ0n) is 14.8. The van der Waals surface area contributed by atoms with Crippen molar-refractivity contribution in [3.8, 4) is 11.5 Å². The Hall–Kier alpha value is -2.49. The topological polar surface area (TPSA) is 47.6 Å². The second kappa shape index (κ2) is 8.39. The van der Waals surface area contributed by atoms with Crippen LogP contribution < -0.4 is 14.8 Å². The van der Waals surface area contributed by atoms with Crippen LogP contribution in [0.1, 0.15) is 42.3 Å². The first-order chi connectivity index (χ1) is 11.5. The Morgan fingerprint density at radius 3 is 2.42 bits per heavy atom. The van der Waals surface area contributed by atoms with Gasteiger partial charge in [0.25, 0.3) is 5.91 Å². The molecule has 0 spiro atoms. The Morgan fingerprint density at radius 1 is 1.12 bits per heavy atom. The fourth-order valence-corrected chi connectivity index (χ4v) is 2.35. The van der Waals surface area contributed by atoms with E-state index in [2.05, 4.69) is 5.32 Å². The molecule has 0 radical (unpaired) electrons.